The van der Waals surface area contributed by atoms with Crippen LogP contribution < -0.4 is 11.1 Å². The number of aromatic nitrogens is 2. The zero-order valence-corrected chi connectivity index (χ0v) is 16.4. The van der Waals surface area contributed by atoms with Gasteiger partial charge in [-0.3, -0.25) is 4.79 Å². The predicted molar refractivity (Wildman–Crippen MR) is 109 cm³/mol. The minimum atomic E-state index is -0.415. The molecule has 3 aromatic rings. The molecule has 27 heavy (non-hydrogen) atoms. The van der Waals surface area contributed by atoms with Crippen molar-refractivity contribution in [3.8, 4) is 0 Å². The highest BCUT2D eigenvalue weighted by Crippen LogP contribution is 2.38. The molecular weight excluding hydrogens is 383 g/mol. The molecule has 1 amide bonds. The number of aryl methyl sites for hydroxylation is 2. The number of nitrogens with one attached hydrogen (secondary N) is 1. The lowest BCUT2D eigenvalue weighted by Crippen LogP contribution is -2.22. The molecule has 0 saturated heterocycles. The number of nitrogen functional groups attached to an aromatic ring is 1. The lowest BCUT2D eigenvalue weighted by Gasteiger charge is -2.12. The Hall–Kier alpha value is -2.19. The fraction of sp³-hybridized carbons (Fsp3) is 0.316. The van der Waals surface area contributed by atoms with E-state index in [1.54, 1.807) is 18.3 Å². The Balaban J connectivity index is 1.52. The van der Waals surface area contributed by atoms with Crippen LogP contribution >= 0.6 is 23.1 Å². The lowest BCUT2D eigenvalue weighted by molar-refractivity contribution is -0.115. The minimum absolute atomic E-state index is 0.195. The number of anilines is 2. The molecule has 3 N–H and O–H groups in total. The normalized spacial score (nSPS) is 14.7. The zero-order chi connectivity index (χ0) is 19.0. The van der Waals surface area contributed by atoms with E-state index in [4.69, 9.17) is 5.73 Å². The Bertz CT molecular complexity index is 1000. The molecule has 8 heteroatoms. The number of thiophene rings is 1. The van der Waals surface area contributed by atoms with Crippen molar-refractivity contribution in [2.24, 2.45) is 0 Å². The molecule has 2 heterocycles. The van der Waals surface area contributed by atoms with Crippen molar-refractivity contribution >= 4 is 50.7 Å². The van der Waals surface area contributed by atoms with E-state index in [0.717, 1.165) is 23.1 Å². The summed E-state index contributed by atoms with van der Waals surface area (Å²) in [4.78, 5) is 23.7. The van der Waals surface area contributed by atoms with Gasteiger partial charge in [0.25, 0.3) is 0 Å². The van der Waals surface area contributed by atoms with Gasteiger partial charge in [-0.25, -0.2) is 14.4 Å². The van der Waals surface area contributed by atoms with Crippen molar-refractivity contribution in [2.75, 3.05) is 11.1 Å². The highest BCUT2D eigenvalue weighted by atomic mass is 32.2. The molecule has 0 bridgehead atoms. The lowest BCUT2D eigenvalue weighted by atomic mass is 9.97. The van der Waals surface area contributed by atoms with Crippen LogP contribution in [0.3, 0.4) is 0 Å². The molecule has 1 aromatic carbocycles. The highest BCUT2D eigenvalue weighted by molar-refractivity contribution is 8.00. The van der Waals surface area contributed by atoms with Crippen molar-refractivity contribution in [3.63, 3.8) is 0 Å². The van der Waals surface area contributed by atoms with Crippen LogP contribution in [0.25, 0.3) is 10.2 Å². The van der Waals surface area contributed by atoms with Gasteiger partial charge >= 0.3 is 0 Å². The molecule has 1 aliphatic rings. The summed E-state index contributed by atoms with van der Waals surface area (Å²) in [5, 5.41) is 3.84. The Morgan fingerprint density at radius 3 is 2.78 bits per heavy atom. The number of thioether (sulfide) groups is 1. The topological polar surface area (TPSA) is 80.9 Å². The Morgan fingerprint density at radius 1 is 1.26 bits per heavy atom. The van der Waals surface area contributed by atoms with Gasteiger partial charge in [0.2, 0.25) is 5.91 Å². The molecule has 0 fully saturated rings. The molecule has 1 aliphatic carbocycles. The van der Waals surface area contributed by atoms with Gasteiger partial charge in [0.1, 0.15) is 16.5 Å². The quantitative estimate of drug-likeness (QED) is 0.499. The summed E-state index contributed by atoms with van der Waals surface area (Å²) in [5.74, 6) is -0.0429. The smallest absolute Gasteiger partial charge is 0.237 e. The summed E-state index contributed by atoms with van der Waals surface area (Å²) >= 11 is 2.95. The molecule has 1 unspecified atom stereocenters. The van der Waals surface area contributed by atoms with E-state index in [1.807, 2.05) is 0 Å². The number of rotatable bonds is 4. The monoisotopic (exact) mass is 402 g/mol. The SMILES string of the molecule is CC(Sc1nc(N)c2c3c(sc2n1)CCCC3)C(=O)Nc1ccc(F)cc1. The Morgan fingerprint density at radius 2 is 2.00 bits per heavy atom. The van der Waals surface area contributed by atoms with Crippen molar-refractivity contribution in [2.45, 2.75) is 43.0 Å². The van der Waals surface area contributed by atoms with Gasteiger partial charge in [-0.2, -0.15) is 0 Å². The maximum atomic E-state index is 13.0. The van der Waals surface area contributed by atoms with Crippen molar-refractivity contribution in [1.82, 2.24) is 9.97 Å². The first kappa shape index (κ1) is 18.2. The maximum Gasteiger partial charge on any atom is 0.237 e. The fourth-order valence-electron chi connectivity index (χ4n) is 3.21. The number of fused-ring (bicyclic) bond motifs is 3. The summed E-state index contributed by atoms with van der Waals surface area (Å²) < 4.78 is 13.0. The van der Waals surface area contributed by atoms with Crippen LogP contribution in [0.4, 0.5) is 15.9 Å². The Kier molecular flexibility index (Phi) is 5.01. The number of amides is 1. The molecule has 0 radical (unpaired) electrons. The first-order valence-electron chi connectivity index (χ1n) is 8.82. The van der Waals surface area contributed by atoms with Gasteiger partial charge < -0.3 is 11.1 Å². The van der Waals surface area contributed by atoms with Gasteiger partial charge in [-0.15, -0.1) is 11.3 Å². The van der Waals surface area contributed by atoms with Crippen molar-refractivity contribution in [3.05, 3.63) is 40.5 Å². The molecule has 1 atom stereocenters. The molecule has 5 nitrogen and oxygen atoms in total. The second-order valence-electron chi connectivity index (χ2n) is 6.54. The number of halogens is 1. The Labute approximate surface area is 164 Å². The summed E-state index contributed by atoms with van der Waals surface area (Å²) in [5.41, 5.74) is 8.08. The summed E-state index contributed by atoms with van der Waals surface area (Å²) in [7, 11) is 0. The zero-order valence-electron chi connectivity index (χ0n) is 14.8. The third-order valence-corrected chi connectivity index (χ3v) is 6.73. The third kappa shape index (κ3) is 3.77. The van der Waals surface area contributed by atoms with Crippen LogP contribution in [0.5, 0.6) is 0 Å². The van der Waals surface area contributed by atoms with E-state index >= 15 is 0 Å². The number of hydrogen-bond acceptors (Lipinski definition) is 6. The van der Waals surface area contributed by atoms with E-state index in [0.29, 0.717) is 16.7 Å². The molecular formula is C19H19FN4OS2. The summed E-state index contributed by atoms with van der Waals surface area (Å²) in [6, 6.07) is 5.68. The van der Waals surface area contributed by atoms with E-state index in [9.17, 15) is 9.18 Å². The van der Waals surface area contributed by atoms with Crippen LogP contribution in [-0.2, 0) is 17.6 Å². The van der Waals surface area contributed by atoms with Crippen LogP contribution in [0, 0.1) is 5.82 Å². The average Bonchev–Trinajstić information content (AvgIpc) is 3.02. The largest absolute Gasteiger partial charge is 0.383 e. The third-order valence-electron chi connectivity index (χ3n) is 4.59. The van der Waals surface area contributed by atoms with Gasteiger partial charge in [-0.05, 0) is 62.4 Å². The summed E-state index contributed by atoms with van der Waals surface area (Å²) in [6.07, 6.45) is 4.49. The highest BCUT2D eigenvalue weighted by Gasteiger charge is 2.22. The van der Waals surface area contributed by atoms with Gasteiger partial charge in [0.15, 0.2) is 5.16 Å². The maximum absolute atomic E-state index is 13.0. The van der Waals surface area contributed by atoms with Gasteiger partial charge in [0, 0.05) is 10.6 Å². The molecule has 0 spiro atoms. The minimum Gasteiger partial charge on any atom is -0.383 e. The van der Waals surface area contributed by atoms with Crippen LogP contribution in [0.15, 0.2) is 29.4 Å². The standard InChI is InChI=1S/C19H19FN4OS2/c1-10(17(25)22-12-8-6-11(20)7-9-12)26-19-23-16(21)15-13-4-2-3-5-14(13)27-18(15)24-19/h6-10H,2-5H2,1H3,(H,22,25)(H2,21,23,24). The second-order valence-corrected chi connectivity index (χ2v) is 8.93. The van der Waals surface area contributed by atoms with E-state index in [-0.39, 0.29) is 11.7 Å². The number of carbonyl (C=O) groups is 1. The molecule has 2 aromatic heterocycles. The fourth-order valence-corrected chi connectivity index (χ4v) is 5.31. The first-order chi connectivity index (χ1) is 13.0. The van der Waals surface area contributed by atoms with Gasteiger partial charge in [0.05, 0.1) is 10.6 Å². The molecule has 0 saturated carbocycles. The van der Waals surface area contributed by atoms with E-state index < -0.39 is 5.25 Å². The molecule has 140 valence electrons. The average molecular weight is 403 g/mol. The molecule has 4 rings (SSSR count). The van der Waals surface area contributed by atoms with Crippen LogP contribution in [-0.4, -0.2) is 21.1 Å². The predicted octanol–water partition coefficient (Wildman–Crippen LogP) is 4.41. The van der Waals surface area contributed by atoms with Crippen molar-refractivity contribution < 1.29 is 9.18 Å². The van der Waals surface area contributed by atoms with Crippen LogP contribution in [0.1, 0.15) is 30.2 Å². The first-order valence-corrected chi connectivity index (χ1v) is 10.5. The number of hydrogen-bond donors (Lipinski definition) is 2. The number of nitrogens with two attached hydrogens (primary N) is 1. The van der Waals surface area contributed by atoms with Gasteiger partial charge in [-0.1, -0.05) is 11.8 Å². The van der Waals surface area contributed by atoms with E-state index in [2.05, 4.69) is 15.3 Å². The molecule has 0 aliphatic heterocycles. The van der Waals surface area contributed by atoms with Crippen LogP contribution in [0.2, 0.25) is 0 Å². The number of benzene rings is 1. The summed E-state index contributed by atoms with van der Waals surface area (Å²) in [6.45, 7) is 1.78. The number of nitrogens with zero attached hydrogens (tertiary/aromatic N) is 2. The second kappa shape index (κ2) is 7.44. The van der Waals surface area contributed by atoms with Crippen molar-refractivity contribution in [1.29, 1.82) is 0 Å². The van der Waals surface area contributed by atoms with E-state index in [1.165, 1.54) is 59.3 Å². The number of carbonyl (C=O) groups excluding carboxylic acids is 1.